The van der Waals surface area contributed by atoms with Crippen LogP contribution >= 0.6 is 0 Å². The van der Waals surface area contributed by atoms with E-state index in [1.807, 2.05) is 6.21 Å². The molecular weight excluding hydrogens is 112 g/mol. The smallest absolute Gasteiger partial charge is 0.0744 e. The summed E-state index contributed by atoms with van der Waals surface area (Å²) in [5.41, 5.74) is 1.39. The van der Waals surface area contributed by atoms with E-state index in [0.717, 1.165) is 13.0 Å². The largest absolute Gasteiger partial charge is 0.388 e. The predicted molar refractivity (Wildman–Crippen MR) is 37.6 cm³/mol. The molecule has 0 amide bonds. The summed E-state index contributed by atoms with van der Waals surface area (Å²) in [6, 6.07) is 0.507. The average molecular weight is 122 g/mol. The molecule has 48 valence electrons. The molecule has 2 aliphatic heterocycles. The molecule has 2 nitrogen and oxygen atoms in total. The molecule has 2 aliphatic rings. The van der Waals surface area contributed by atoms with Crippen molar-refractivity contribution in [3.05, 3.63) is 11.8 Å². The van der Waals surface area contributed by atoms with Crippen molar-refractivity contribution < 1.29 is 0 Å². The molecule has 2 rings (SSSR count). The van der Waals surface area contributed by atoms with E-state index in [0.29, 0.717) is 6.04 Å². The fourth-order valence-corrected chi connectivity index (χ4v) is 0.982. The minimum Gasteiger partial charge on any atom is -0.388 e. The van der Waals surface area contributed by atoms with Crippen LogP contribution in [0, 0.1) is 0 Å². The Morgan fingerprint density at radius 1 is 1.78 bits per heavy atom. The van der Waals surface area contributed by atoms with Gasteiger partial charge in [0.15, 0.2) is 0 Å². The van der Waals surface area contributed by atoms with Crippen molar-refractivity contribution in [2.45, 2.75) is 18.9 Å². The van der Waals surface area contributed by atoms with E-state index in [4.69, 9.17) is 0 Å². The van der Waals surface area contributed by atoms with Gasteiger partial charge in [-0.15, -0.1) is 0 Å². The molecule has 0 saturated carbocycles. The highest BCUT2D eigenvalue weighted by Gasteiger charge is 2.12. The molecule has 0 aromatic carbocycles. The summed E-state index contributed by atoms with van der Waals surface area (Å²) >= 11 is 0. The van der Waals surface area contributed by atoms with Gasteiger partial charge in [0.05, 0.1) is 6.04 Å². The third-order valence-corrected chi connectivity index (χ3v) is 1.78. The molecular formula is C7H10N2. The number of nitrogens with one attached hydrogen (secondary N) is 1. The zero-order valence-electron chi connectivity index (χ0n) is 5.30. The first-order chi connectivity index (χ1) is 4.45. The van der Waals surface area contributed by atoms with Crippen LogP contribution in [-0.2, 0) is 0 Å². The van der Waals surface area contributed by atoms with Gasteiger partial charge in [-0.05, 0) is 6.08 Å². The maximum Gasteiger partial charge on any atom is 0.0744 e. The molecule has 0 aliphatic carbocycles. The molecule has 1 unspecified atom stereocenters. The summed E-state index contributed by atoms with van der Waals surface area (Å²) < 4.78 is 0. The van der Waals surface area contributed by atoms with E-state index >= 15 is 0 Å². The summed E-state index contributed by atoms with van der Waals surface area (Å²) in [5, 5.41) is 3.23. The molecule has 1 N–H and O–H groups in total. The standard InChI is InChI=1S/C7H10N2/c1-3-8-6(1)5-7-2-4-9-7/h3,5-6,9H,1-2,4H2/b7-5-. The second-order valence-electron chi connectivity index (χ2n) is 2.50. The highest BCUT2D eigenvalue weighted by atomic mass is 15.0. The SMILES string of the molecule is C1=NC(/C=C2/CCN2)C1. The molecule has 0 radical (unpaired) electrons. The van der Waals surface area contributed by atoms with Crippen LogP contribution in [-0.4, -0.2) is 18.8 Å². The summed E-state index contributed by atoms with van der Waals surface area (Å²) in [6.07, 6.45) is 6.57. The van der Waals surface area contributed by atoms with Gasteiger partial charge < -0.3 is 5.32 Å². The fourth-order valence-electron chi connectivity index (χ4n) is 0.982. The fraction of sp³-hybridized carbons (Fsp3) is 0.571. The van der Waals surface area contributed by atoms with Crippen LogP contribution in [0.5, 0.6) is 0 Å². The second kappa shape index (κ2) is 1.87. The van der Waals surface area contributed by atoms with Gasteiger partial charge in [0.25, 0.3) is 0 Å². The molecule has 1 atom stereocenters. The maximum absolute atomic E-state index is 4.15. The number of rotatable bonds is 1. The normalized spacial score (nSPS) is 35.1. The van der Waals surface area contributed by atoms with E-state index in [-0.39, 0.29) is 0 Å². The maximum atomic E-state index is 4.15. The van der Waals surface area contributed by atoms with Crippen molar-refractivity contribution in [3.8, 4) is 0 Å². The van der Waals surface area contributed by atoms with Crippen LogP contribution in [0.15, 0.2) is 16.8 Å². The van der Waals surface area contributed by atoms with Crippen LogP contribution in [0.3, 0.4) is 0 Å². The van der Waals surface area contributed by atoms with Gasteiger partial charge in [0, 0.05) is 31.3 Å². The minimum atomic E-state index is 0.507. The highest BCUT2D eigenvalue weighted by Crippen LogP contribution is 2.13. The second-order valence-corrected chi connectivity index (χ2v) is 2.50. The minimum absolute atomic E-state index is 0.507. The lowest BCUT2D eigenvalue weighted by Crippen LogP contribution is -2.29. The Bertz CT molecular complexity index is 164. The average Bonchev–Trinajstić information content (AvgIpc) is 1.57. The summed E-state index contributed by atoms with van der Waals surface area (Å²) in [5.74, 6) is 0. The Balaban J connectivity index is 1.93. The van der Waals surface area contributed by atoms with Gasteiger partial charge >= 0.3 is 0 Å². The monoisotopic (exact) mass is 122 g/mol. The van der Waals surface area contributed by atoms with Gasteiger partial charge in [-0.25, -0.2) is 0 Å². The van der Waals surface area contributed by atoms with Crippen LogP contribution < -0.4 is 5.32 Å². The van der Waals surface area contributed by atoms with Crippen molar-refractivity contribution >= 4 is 6.21 Å². The first-order valence-corrected chi connectivity index (χ1v) is 3.41. The van der Waals surface area contributed by atoms with Gasteiger partial charge in [0.2, 0.25) is 0 Å². The lowest BCUT2D eigenvalue weighted by atomic mass is 10.1. The predicted octanol–water partition coefficient (Wildman–Crippen LogP) is 0.707. The molecule has 1 fully saturated rings. The number of hydrogen-bond acceptors (Lipinski definition) is 2. The number of hydrogen-bond donors (Lipinski definition) is 1. The lowest BCUT2D eigenvalue weighted by Gasteiger charge is -2.23. The van der Waals surface area contributed by atoms with Crippen LogP contribution in [0.25, 0.3) is 0 Å². The van der Waals surface area contributed by atoms with E-state index < -0.39 is 0 Å². The van der Waals surface area contributed by atoms with Crippen LogP contribution in [0.2, 0.25) is 0 Å². The van der Waals surface area contributed by atoms with Gasteiger partial charge in [-0.2, -0.15) is 0 Å². The Morgan fingerprint density at radius 3 is 2.89 bits per heavy atom. The number of aliphatic imine (C=N–C) groups is 1. The topological polar surface area (TPSA) is 24.4 Å². The van der Waals surface area contributed by atoms with Crippen LogP contribution in [0.1, 0.15) is 12.8 Å². The highest BCUT2D eigenvalue weighted by molar-refractivity contribution is 5.65. The third kappa shape index (κ3) is 0.846. The summed E-state index contributed by atoms with van der Waals surface area (Å²) in [6.45, 7) is 1.16. The Hall–Kier alpha value is -0.790. The summed E-state index contributed by atoms with van der Waals surface area (Å²) in [7, 11) is 0. The first-order valence-electron chi connectivity index (χ1n) is 3.41. The van der Waals surface area contributed by atoms with Crippen molar-refractivity contribution in [2.24, 2.45) is 4.99 Å². The Labute approximate surface area is 54.7 Å². The van der Waals surface area contributed by atoms with Crippen molar-refractivity contribution in [3.63, 3.8) is 0 Å². The van der Waals surface area contributed by atoms with E-state index in [1.54, 1.807) is 0 Å². The van der Waals surface area contributed by atoms with E-state index in [1.165, 1.54) is 12.1 Å². The van der Waals surface area contributed by atoms with Crippen molar-refractivity contribution in [1.82, 2.24) is 5.32 Å². The summed E-state index contributed by atoms with van der Waals surface area (Å²) in [4.78, 5) is 4.15. The first kappa shape index (κ1) is 5.03. The van der Waals surface area contributed by atoms with Crippen LogP contribution in [0.4, 0.5) is 0 Å². The van der Waals surface area contributed by atoms with Gasteiger partial charge in [0.1, 0.15) is 0 Å². The molecule has 0 aromatic rings. The molecule has 2 heteroatoms. The van der Waals surface area contributed by atoms with Crippen molar-refractivity contribution in [1.29, 1.82) is 0 Å². The molecule has 9 heavy (non-hydrogen) atoms. The zero-order chi connectivity index (χ0) is 6.10. The van der Waals surface area contributed by atoms with Gasteiger partial charge in [-0.1, -0.05) is 0 Å². The zero-order valence-corrected chi connectivity index (χ0v) is 5.30. The third-order valence-electron chi connectivity index (χ3n) is 1.78. The van der Waals surface area contributed by atoms with Gasteiger partial charge in [-0.3, -0.25) is 4.99 Å². The molecule has 0 aromatic heterocycles. The molecule has 2 heterocycles. The van der Waals surface area contributed by atoms with E-state index in [2.05, 4.69) is 16.4 Å². The lowest BCUT2D eigenvalue weighted by molar-refractivity contribution is 0.617. The molecule has 0 bridgehead atoms. The Kier molecular flexibility index (Phi) is 1.04. The van der Waals surface area contributed by atoms with Crippen molar-refractivity contribution in [2.75, 3.05) is 6.54 Å². The number of nitrogens with zero attached hydrogens (tertiary/aromatic N) is 1. The molecule has 1 saturated heterocycles. The molecule has 0 spiro atoms. The Morgan fingerprint density at radius 2 is 2.56 bits per heavy atom. The quantitative estimate of drug-likeness (QED) is 0.544. The van der Waals surface area contributed by atoms with E-state index in [9.17, 15) is 0 Å².